The van der Waals surface area contributed by atoms with Gasteiger partial charge in [-0.1, -0.05) is 11.3 Å². The van der Waals surface area contributed by atoms with E-state index in [1.807, 2.05) is 0 Å². The number of nitrogens with two attached hydrogens (primary N) is 1. The van der Waals surface area contributed by atoms with E-state index < -0.39 is 18.4 Å². The van der Waals surface area contributed by atoms with Gasteiger partial charge in [-0.05, 0) is 0 Å². The normalized spacial score (nSPS) is 9.85. The topological polar surface area (TPSA) is 114 Å². The monoisotopic (exact) mass is 202 g/mol. The minimum atomic E-state index is -1.20. The van der Waals surface area contributed by atoms with Gasteiger partial charge in [0, 0.05) is 0 Å². The zero-order valence-corrected chi connectivity index (χ0v) is 7.17. The van der Waals surface area contributed by atoms with Crippen LogP contribution in [0, 0.1) is 0 Å². The standard InChI is InChI=1S/C6H6N2O4S/c7-6-8-2(1-3(9)10)4(13-6)5(11)12/h1H2,(H2,7,8)(H,9,10)(H,11,12). The molecule has 7 heteroatoms. The van der Waals surface area contributed by atoms with Crippen LogP contribution in [-0.2, 0) is 11.2 Å². The summed E-state index contributed by atoms with van der Waals surface area (Å²) in [5, 5.41) is 17.1. The highest BCUT2D eigenvalue weighted by Crippen LogP contribution is 2.20. The van der Waals surface area contributed by atoms with Crippen molar-refractivity contribution in [1.82, 2.24) is 4.98 Å². The first-order chi connectivity index (χ1) is 6.00. The number of aromatic carboxylic acids is 1. The molecular formula is C6H6N2O4S. The minimum Gasteiger partial charge on any atom is -0.481 e. The third kappa shape index (κ3) is 2.15. The average Bonchev–Trinajstić information content (AvgIpc) is 2.29. The van der Waals surface area contributed by atoms with E-state index in [9.17, 15) is 9.59 Å². The Morgan fingerprint density at radius 2 is 2.08 bits per heavy atom. The van der Waals surface area contributed by atoms with Gasteiger partial charge in [-0.3, -0.25) is 4.79 Å². The second-order valence-corrected chi connectivity index (χ2v) is 3.23. The number of aliphatic carboxylic acids is 1. The van der Waals surface area contributed by atoms with Crippen molar-refractivity contribution < 1.29 is 19.8 Å². The summed E-state index contributed by atoms with van der Waals surface area (Å²) in [6.07, 6.45) is -0.421. The maximum Gasteiger partial charge on any atom is 0.347 e. The third-order valence-electron chi connectivity index (χ3n) is 1.23. The number of nitrogens with zero attached hydrogens (tertiary/aromatic N) is 1. The van der Waals surface area contributed by atoms with Gasteiger partial charge in [-0.2, -0.15) is 0 Å². The smallest absolute Gasteiger partial charge is 0.347 e. The van der Waals surface area contributed by atoms with E-state index in [0.717, 1.165) is 11.3 Å². The van der Waals surface area contributed by atoms with E-state index in [-0.39, 0.29) is 15.7 Å². The van der Waals surface area contributed by atoms with E-state index in [1.54, 1.807) is 0 Å². The Bertz CT molecular complexity index is 360. The molecule has 0 saturated heterocycles. The number of hydrogen-bond donors (Lipinski definition) is 3. The average molecular weight is 202 g/mol. The van der Waals surface area contributed by atoms with Crippen molar-refractivity contribution in [3.8, 4) is 0 Å². The number of hydrogen-bond acceptors (Lipinski definition) is 5. The molecule has 0 aromatic carbocycles. The Morgan fingerprint density at radius 1 is 1.46 bits per heavy atom. The molecule has 0 saturated carbocycles. The predicted molar refractivity (Wildman–Crippen MR) is 44.8 cm³/mol. The highest BCUT2D eigenvalue weighted by molar-refractivity contribution is 7.17. The Hall–Kier alpha value is -1.63. The fourth-order valence-corrected chi connectivity index (χ4v) is 1.49. The lowest BCUT2D eigenvalue weighted by Gasteiger charge is -1.91. The van der Waals surface area contributed by atoms with Gasteiger partial charge in [-0.15, -0.1) is 0 Å². The summed E-state index contributed by atoms with van der Waals surface area (Å²) in [4.78, 5) is 24.3. The van der Waals surface area contributed by atoms with Crippen LogP contribution in [0.3, 0.4) is 0 Å². The van der Waals surface area contributed by atoms with E-state index in [4.69, 9.17) is 15.9 Å². The predicted octanol–water partition coefficient (Wildman–Crippen LogP) is 0.0506. The first kappa shape index (κ1) is 9.46. The van der Waals surface area contributed by atoms with Crippen LogP contribution in [0.1, 0.15) is 15.4 Å². The molecule has 0 unspecified atom stereocenters. The summed E-state index contributed by atoms with van der Waals surface area (Å²) in [6.45, 7) is 0. The van der Waals surface area contributed by atoms with Crippen LogP contribution in [0.4, 0.5) is 5.13 Å². The molecule has 6 nitrogen and oxygen atoms in total. The lowest BCUT2D eigenvalue weighted by molar-refractivity contribution is -0.136. The van der Waals surface area contributed by atoms with Gasteiger partial charge in [0.15, 0.2) is 5.13 Å². The third-order valence-corrected chi connectivity index (χ3v) is 2.14. The second-order valence-electron chi connectivity index (χ2n) is 2.20. The summed E-state index contributed by atoms with van der Waals surface area (Å²) in [7, 11) is 0. The molecule has 0 spiro atoms. The number of carboxylic acid groups (broad SMARTS) is 2. The maximum atomic E-state index is 10.5. The largest absolute Gasteiger partial charge is 0.481 e. The van der Waals surface area contributed by atoms with E-state index in [2.05, 4.69) is 4.98 Å². The first-order valence-electron chi connectivity index (χ1n) is 3.21. The van der Waals surface area contributed by atoms with E-state index >= 15 is 0 Å². The number of rotatable bonds is 3. The van der Waals surface area contributed by atoms with E-state index in [0.29, 0.717) is 0 Å². The molecule has 0 atom stereocenters. The molecule has 70 valence electrons. The molecule has 1 aromatic rings. The molecular weight excluding hydrogens is 196 g/mol. The van der Waals surface area contributed by atoms with Crippen LogP contribution in [0.25, 0.3) is 0 Å². The Morgan fingerprint density at radius 3 is 2.54 bits per heavy atom. The molecule has 0 amide bonds. The summed E-state index contributed by atoms with van der Waals surface area (Å²) in [6, 6.07) is 0. The Kier molecular flexibility index (Phi) is 2.47. The van der Waals surface area contributed by atoms with Crippen LogP contribution in [-0.4, -0.2) is 27.1 Å². The van der Waals surface area contributed by atoms with Gasteiger partial charge in [0.25, 0.3) is 0 Å². The zero-order valence-electron chi connectivity index (χ0n) is 6.35. The van der Waals surface area contributed by atoms with Crippen LogP contribution in [0.5, 0.6) is 0 Å². The number of aromatic nitrogens is 1. The van der Waals surface area contributed by atoms with Crippen LogP contribution >= 0.6 is 11.3 Å². The zero-order chi connectivity index (χ0) is 10.0. The highest BCUT2D eigenvalue weighted by atomic mass is 32.1. The molecule has 1 rings (SSSR count). The van der Waals surface area contributed by atoms with Gasteiger partial charge in [0.05, 0.1) is 12.1 Å². The number of thiazole rings is 1. The molecule has 4 N–H and O–H groups in total. The quantitative estimate of drug-likeness (QED) is 0.638. The molecule has 0 aliphatic rings. The molecule has 0 radical (unpaired) electrons. The lowest BCUT2D eigenvalue weighted by atomic mass is 10.3. The molecule has 1 aromatic heterocycles. The van der Waals surface area contributed by atoms with Crippen molar-refractivity contribution >= 4 is 28.4 Å². The summed E-state index contributed by atoms with van der Waals surface area (Å²) >= 11 is 0.768. The number of carbonyl (C=O) groups is 2. The second kappa shape index (κ2) is 3.40. The number of nitrogen functional groups attached to an aromatic ring is 1. The summed E-state index contributed by atoms with van der Waals surface area (Å²) in [5.41, 5.74) is 5.25. The van der Waals surface area contributed by atoms with Crippen molar-refractivity contribution in [2.45, 2.75) is 6.42 Å². The molecule has 0 fully saturated rings. The fourth-order valence-electron chi connectivity index (χ4n) is 0.800. The van der Waals surface area contributed by atoms with Crippen molar-refractivity contribution in [3.63, 3.8) is 0 Å². The minimum absolute atomic E-state index is 0.00231. The molecule has 0 aliphatic carbocycles. The van der Waals surface area contributed by atoms with Crippen molar-refractivity contribution in [3.05, 3.63) is 10.6 Å². The van der Waals surface area contributed by atoms with Gasteiger partial charge >= 0.3 is 11.9 Å². The van der Waals surface area contributed by atoms with Gasteiger partial charge in [0.2, 0.25) is 0 Å². The maximum absolute atomic E-state index is 10.5. The number of anilines is 1. The fraction of sp³-hybridized carbons (Fsp3) is 0.167. The molecule has 13 heavy (non-hydrogen) atoms. The van der Waals surface area contributed by atoms with E-state index in [1.165, 1.54) is 0 Å². The lowest BCUT2D eigenvalue weighted by Crippen LogP contribution is -2.05. The van der Waals surface area contributed by atoms with Gasteiger partial charge in [-0.25, -0.2) is 9.78 Å². The van der Waals surface area contributed by atoms with Crippen LogP contribution in [0.15, 0.2) is 0 Å². The van der Waals surface area contributed by atoms with Crippen molar-refractivity contribution in [2.24, 2.45) is 0 Å². The Labute approximate surface area is 76.6 Å². The number of carboxylic acids is 2. The van der Waals surface area contributed by atoms with Gasteiger partial charge in [0.1, 0.15) is 4.88 Å². The Balaban J connectivity index is 3.04. The van der Waals surface area contributed by atoms with Crippen molar-refractivity contribution in [2.75, 3.05) is 5.73 Å². The molecule has 0 bridgehead atoms. The molecule has 0 aliphatic heterocycles. The molecule has 1 heterocycles. The van der Waals surface area contributed by atoms with Crippen LogP contribution < -0.4 is 5.73 Å². The SMILES string of the molecule is Nc1nc(CC(=O)O)c(C(=O)O)s1. The van der Waals surface area contributed by atoms with Gasteiger partial charge < -0.3 is 15.9 Å². The first-order valence-corrected chi connectivity index (χ1v) is 4.02. The highest BCUT2D eigenvalue weighted by Gasteiger charge is 2.17. The van der Waals surface area contributed by atoms with Crippen LogP contribution in [0.2, 0.25) is 0 Å². The van der Waals surface area contributed by atoms with Crippen molar-refractivity contribution in [1.29, 1.82) is 0 Å². The summed E-state index contributed by atoms with van der Waals surface area (Å²) < 4.78 is 0. The summed E-state index contributed by atoms with van der Waals surface area (Å²) in [5.74, 6) is -2.33.